The molecule has 0 unspecified atom stereocenters. The van der Waals surface area contributed by atoms with Crippen molar-refractivity contribution in [3.8, 4) is 0 Å². The Kier molecular flexibility index (Phi) is 3.33. The van der Waals surface area contributed by atoms with E-state index in [4.69, 9.17) is 4.42 Å². The first-order valence-corrected chi connectivity index (χ1v) is 5.99. The van der Waals surface area contributed by atoms with Crippen LogP contribution < -0.4 is 5.32 Å². The molecular weight excluding hydrogens is 282 g/mol. The number of carbonyl (C=O) groups excluding carboxylic acids is 1. The highest BCUT2D eigenvalue weighted by atomic mass is 79.9. The largest absolute Gasteiger partial charge is 0.456 e. The third-order valence-corrected chi connectivity index (χ3v) is 3.25. The summed E-state index contributed by atoms with van der Waals surface area (Å²) in [4.78, 5) is 11.8. The summed E-state index contributed by atoms with van der Waals surface area (Å²) in [6, 6.07) is 9.08. The number of halogens is 1. The smallest absolute Gasteiger partial charge is 0.291 e. The van der Waals surface area contributed by atoms with E-state index >= 15 is 0 Å². The molecule has 2 aromatic rings. The fourth-order valence-corrected chi connectivity index (χ4v) is 1.80. The van der Waals surface area contributed by atoms with Crippen LogP contribution in [0.15, 0.2) is 39.2 Å². The van der Waals surface area contributed by atoms with E-state index in [1.165, 1.54) is 0 Å². The van der Waals surface area contributed by atoms with Crippen molar-refractivity contribution in [1.29, 1.82) is 0 Å². The fraction of sp³-hybridized carbons (Fsp3) is 0.154. The molecule has 0 aliphatic heterocycles. The van der Waals surface area contributed by atoms with Gasteiger partial charge in [0.2, 0.25) is 0 Å². The monoisotopic (exact) mass is 293 g/mol. The zero-order valence-corrected chi connectivity index (χ0v) is 11.2. The number of anilines is 1. The lowest BCUT2D eigenvalue weighted by Gasteiger charge is -2.05. The molecule has 3 nitrogen and oxygen atoms in total. The number of hydrogen-bond acceptors (Lipinski definition) is 2. The number of furan rings is 1. The molecule has 0 saturated carbocycles. The second-order valence-electron chi connectivity index (χ2n) is 3.83. The third-order valence-electron chi connectivity index (χ3n) is 2.39. The molecule has 0 saturated heterocycles. The Morgan fingerprint density at radius 1 is 1.24 bits per heavy atom. The van der Waals surface area contributed by atoms with Crippen LogP contribution in [0, 0.1) is 13.8 Å². The van der Waals surface area contributed by atoms with Crippen molar-refractivity contribution in [2.24, 2.45) is 0 Å². The van der Waals surface area contributed by atoms with Gasteiger partial charge >= 0.3 is 0 Å². The number of benzene rings is 1. The average molecular weight is 294 g/mol. The first-order valence-electron chi connectivity index (χ1n) is 5.20. The van der Waals surface area contributed by atoms with E-state index in [0.29, 0.717) is 5.76 Å². The number of aryl methyl sites for hydroxylation is 2. The maximum absolute atomic E-state index is 11.8. The Morgan fingerprint density at radius 2 is 2.00 bits per heavy atom. The zero-order valence-electron chi connectivity index (χ0n) is 9.58. The third kappa shape index (κ3) is 2.77. The standard InChI is InChI=1S/C13H12BrNO2/c1-8-3-5-10(7-11(8)14)15-13(16)12-6-4-9(2)17-12/h3-7H,1-2H3,(H,15,16). The number of rotatable bonds is 2. The molecule has 1 aromatic heterocycles. The molecule has 0 aliphatic carbocycles. The SMILES string of the molecule is Cc1ccc(C(=O)Nc2ccc(C)c(Br)c2)o1. The van der Waals surface area contributed by atoms with Gasteiger partial charge in [-0.3, -0.25) is 4.79 Å². The van der Waals surface area contributed by atoms with Gasteiger partial charge in [-0.1, -0.05) is 22.0 Å². The maximum atomic E-state index is 11.8. The fourth-order valence-electron chi connectivity index (χ4n) is 1.42. The molecule has 1 amide bonds. The van der Waals surface area contributed by atoms with Crippen molar-refractivity contribution in [3.05, 3.63) is 51.9 Å². The van der Waals surface area contributed by atoms with Gasteiger partial charge in [0.25, 0.3) is 5.91 Å². The van der Waals surface area contributed by atoms with Crippen LogP contribution in [0.25, 0.3) is 0 Å². The van der Waals surface area contributed by atoms with Gasteiger partial charge in [0.1, 0.15) is 5.76 Å². The molecule has 0 aliphatic rings. The molecule has 1 heterocycles. The summed E-state index contributed by atoms with van der Waals surface area (Å²) in [6.07, 6.45) is 0. The first kappa shape index (κ1) is 11.9. The van der Waals surface area contributed by atoms with Crippen LogP contribution in [0.3, 0.4) is 0 Å². The summed E-state index contributed by atoms with van der Waals surface area (Å²) >= 11 is 3.42. The van der Waals surface area contributed by atoms with Gasteiger partial charge in [-0.25, -0.2) is 0 Å². The minimum Gasteiger partial charge on any atom is -0.456 e. The Bertz CT molecular complexity index is 560. The van der Waals surface area contributed by atoms with Crippen molar-refractivity contribution in [1.82, 2.24) is 0 Å². The number of hydrogen-bond donors (Lipinski definition) is 1. The normalized spacial score (nSPS) is 10.3. The number of amides is 1. The van der Waals surface area contributed by atoms with Crippen LogP contribution in [0.1, 0.15) is 21.9 Å². The summed E-state index contributed by atoms with van der Waals surface area (Å²) in [5.41, 5.74) is 1.86. The van der Waals surface area contributed by atoms with E-state index in [9.17, 15) is 4.79 Å². The first-order chi connectivity index (χ1) is 8.06. The molecule has 2 rings (SSSR count). The maximum Gasteiger partial charge on any atom is 0.291 e. The van der Waals surface area contributed by atoms with Crippen molar-refractivity contribution in [2.75, 3.05) is 5.32 Å². The van der Waals surface area contributed by atoms with Gasteiger partial charge in [0.15, 0.2) is 5.76 Å². The van der Waals surface area contributed by atoms with Crippen molar-refractivity contribution < 1.29 is 9.21 Å². The van der Waals surface area contributed by atoms with E-state index in [1.54, 1.807) is 19.1 Å². The average Bonchev–Trinajstić information content (AvgIpc) is 2.70. The predicted molar refractivity (Wildman–Crippen MR) is 70.3 cm³/mol. The van der Waals surface area contributed by atoms with Crippen LogP contribution in [0.4, 0.5) is 5.69 Å². The molecule has 4 heteroatoms. The summed E-state index contributed by atoms with van der Waals surface area (Å²) in [6.45, 7) is 3.80. The summed E-state index contributed by atoms with van der Waals surface area (Å²) < 4.78 is 6.21. The molecule has 88 valence electrons. The van der Waals surface area contributed by atoms with E-state index < -0.39 is 0 Å². The molecule has 0 spiro atoms. The molecule has 17 heavy (non-hydrogen) atoms. The summed E-state index contributed by atoms with van der Waals surface area (Å²) in [5, 5.41) is 2.78. The lowest BCUT2D eigenvalue weighted by Crippen LogP contribution is -2.10. The molecule has 0 fully saturated rings. The minimum atomic E-state index is -0.242. The Labute approximate surface area is 108 Å². The van der Waals surface area contributed by atoms with Crippen LogP contribution in [-0.2, 0) is 0 Å². The van der Waals surface area contributed by atoms with E-state index in [-0.39, 0.29) is 5.91 Å². The van der Waals surface area contributed by atoms with Crippen LogP contribution in [0.5, 0.6) is 0 Å². The van der Waals surface area contributed by atoms with Crippen LogP contribution in [0.2, 0.25) is 0 Å². The van der Waals surface area contributed by atoms with Crippen LogP contribution in [-0.4, -0.2) is 5.91 Å². The molecular formula is C13H12BrNO2. The van der Waals surface area contributed by atoms with Gasteiger partial charge in [0.05, 0.1) is 0 Å². The van der Waals surface area contributed by atoms with Gasteiger partial charge in [-0.15, -0.1) is 0 Å². The van der Waals surface area contributed by atoms with Crippen LogP contribution >= 0.6 is 15.9 Å². The lowest BCUT2D eigenvalue weighted by atomic mass is 10.2. The second kappa shape index (κ2) is 4.75. The quantitative estimate of drug-likeness (QED) is 0.912. The summed E-state index contributed by atoms with van der Waals surface area (Å²) in [7, 11) is 0. The summed E-state index contributed by atoms with van der Waals surface area (Å²) in [5.74, 6) is 0.799. The van der Waals surface area contributed by atoms with E-state index in [2.05, 4.69) is 21.2 Å². The molecule has 1 aromatic carbocycles. The predicted octanol–water partition coefficient (Wildman–Crippen LogP) is 3.91. The van der Waals surface area contributed by atoms with Crippen molar-refractivity contribution in [3.63, 3.8) is 0 Å². The van der Waals surface area contributed by atoms with Gasteiger partial charge in [0, 0.05) is 10.2 Å². The number of nitrogens with one attached hydrogen (secondary N) is 1. The lowest BCUT2D eigenvalue weighted by molar-refractivity contribution is 0.0995. The Morgan fingerprint density at radius 3 is 2.59 bits per heavy atom. The molecule has 0 bridgehead atoms. The van der Waals surface area contributed by atoms with Gasteiger partial charge in [-0.05, 0) is 43.7 Å². The number of carbonyl (C=O) groups is 1. The van der Waals surface area contributed by atoms with Crippen molar-refractivity contribution in [2.45, 2.75) is 13.8 Å². The highest BCUT2D eigenvalue weighted by Gasteiger charge is 2.10. The minimum absolute atomic E-state index is 0.242. The van der Waals surface area contributed by atoms with Gasteiger partial charge in [-0.2, -0.15) is 0 Å². The Hall–Kier alpha value is -1.55. The second-order valence-corrected chi connectivity index (χ2v) is 4.68. The highest BCUT2D eigenvalue weighted by molar-refractivity contribution is 9.10. The van der Waals surface area contributed by atoms with E-state index in [1.807, 2.05) is 25.1 Å². The van der Waals surface area contributed by atoms with E-state index in [0.717, 1.165) is 21.5 Å². The molecule has 0 atom stereocenters. The van der Waals surface area contributed by atoms with Gasteiger partial charge < -0.3 is 9.73 Å². The topological polar surface area (TPSA) is 42.2 Å². The highest BCUT2D eigenvalue weighted by Crippen LogP contribution is 2.21. The molecule has 1 N–H and O–H groups in total. The van der Waals surface area contributed by atoms with Crippen molar-refractivity contribution >= 4 is 27.5 Å². The molecule has 0 radical (unpaired) electrons. The zero-order chi connectivity index (χ0) is 12.4. The Balaban J connectivity index is 2.15.